The fourth-order valence-corrected chi connectivity index (χ4v) is 3.77. The third-order valence-corrected chi connectivity index (χ3v) is 5.24. The Morgan fingerprint density at radius 2 is 1.94 bits per heavy atom. The van der Waals surface area contributed by atoms with Crippen molar-refractivity contribution in [1.82, 2.24) is 29.7 Å². The monoisotopic (exact) mass is 433 g/mol. The molecule has 8 nitrogen and oxygen atoms in total. The summed E-state index contributed by atoms with van der Waals surface area (Å²) in [5, 5.41) is 5.39. The lowest BCUT2D eigenvalue weighted by atomic mass is 10.1. The molecule has 0 fully saturated rings. The normalized spacial score (nSPS) is 11.3. The third-order valence-electron chi connectivity index (χ3n) is 5.24. The first-order valence-electron chi connectivity index (χ1n) is 9.79. The van der Waals surface area contributed by atoms with Gasteiger partial charge in [0.15, 0.2) is 17.3 Å². The van der Waals surface area contributed by atoms with Gasteiger partial charge in [0.2, 0.25) is 5.56 Å². The van der Waals surface area contributed by atoms with Crippen LogP contribution in [0.2, 0.25) is 0 Å². The highest BCUT2D eigenvalue weighted by Crippen LogP contribution is 2.27. The van der Waals surface area contributed by atoms with E-state index in [2.05, 4.69) is 25.0 Å². The number of H-pyrrole nitrogens is 1. The molecule has 0 amide bonds. The number of nitrogens with zero attached hydrogens (tertiary/aromatic N) is 6. The van der Waals surface area contributed by atoms with E-state index in [1.807, 2.05) is 23.1 Å². The van der Waals surface area contributed by atoms with E-state index in [-0.39, 0.29) is 12.1 Å². The summed E-state index contributed by atoms with van der Waals surface area (Å²) in [5.41, 5.74) is 1.25. The summed E-state index contributed by atoms with van der Waals surface area (Å²) in [6.45, 7) is 0.558. The van der Waals surface area contributed by atoms with Crippen LogP contribution in [0.15, 0.2) is 59.9 Å². The number of pyridine rings is 2. The average molecular weight is 433 g/mol. The van der Waals surface area contributed by atoms with Crippen LogP contribution < -0.4 is 10.5 Å². The van der Waals surface area contributed by atoms with Gasteiger partial charge in [-0.1, -0.05) is 6.07 Å². The van der Waals surface area contributed by atoms with Gasteiger partial charge in [-0.3, -0.25) is 14.5 Å². The van der Waals surface area contributed by atoms with Gasteiger partial charge in [-0.25, -0.2) is 18.7 Å². The lowest BCUT2D eigenvalue weighted by Gasteiger charge is -2.24. The molecule has 5 rings (SSSR count). The second-order valence-electron chi connectivity index (χ2n) is 7.32. The highest BCUT2D eigenvalue weighted by Gasteiger charge is 2.19. The maximum Gasteiger partial charge on any atom is 0.248 e. The molecule has 0 radical (unpaired) electrons. The van der Waals surface area contributed by atoms with Crippen LogP contribution >= 0.6 is 0 Å². The number of aromatic amines is 1. The van der Waals surface area contributed by atoms with Crippen molar-refractivity contribution >= 4 is 27.8 Å². The molecule has 0 bridgehead atoms. The number of hydrogen-bond donors (Lipinski definition) is 1. The molecular weight excluding hydrogens is 416 g/mol. The van der Waals surface area contributed by atoms with Crippen molar-refractivity contribution in [3.05, 3.63) is 88.4 Å². The molecule has 4 heterocycles. The molecular formula is C22H17F2N7O. The summed E-state index contributed by atoms with van der Waals surface area (Å²) in [4.78, 5) is 29.7. The first-order valence-corrected chi connectivity index (χ1v) is 9.79. The molecule has 0 aliphatic heterocycles. The van der Waals surface area contributed by atoms with Gasteiger partial charge in [-0.2, -0.15) is 5.10 Å². The Hall–Kier alpha value is -4.21. The topological polar surface area (TPSA) is 92.6 Å². The zero-order chi connectivity index (χ0) is 22.2. The molecule has 1 aromatic carbocycles. The molecule has 0 atom stereocenters. The predicted molar refractivity (Wildman–Crippen MR) is 115 cm³/mol. The molecule has 1 N–H and O–H groups in total. The van der Waals surface area contributed by atoms with Crippen molar-refractivity contribution in [2.75, 3.05) is 4.90 Å². The Morgan fingerprint density at radius 3 is 2.75 bits per heavy atom. The number of aryl methyl sites for hydroxylation is 1. The fraction of sp³-hybridized carbons (Fsp3) is 0.136. The summed E-state index contributed by atoms with van der Waals surface area (Å²) in [6.07, 6.45) is 4.80. The van der Waals surface area contributed by atoms with Crippen molar-refractivity contribution in [3.8, 4) is 0 Å². The van der Waals surface area contributed by atoms with Gasteiger partial charge in [0.1, 0.15) is 12.1 Å². The van der Waals surface area contributed by atoms with Gasteiger partial charge in [0, 0.05) is 31.2 Å². The molecule has 4 aromatic heterocycles. The smallest absolute Gasteiger partial charge is 0.248 e. The van der Waals surface area contributed by atoms with E-state index >= 15 is 0 Å². The average Bonchev–Trinajstić information content (AvgIpc) is 3.18. The van der Waals surface area contributed by atoms with Crippen molar-refractivity contribution < 1.29 is 8.78 Å². The number of benzene rings is 1. The second-order valence-corrected chi connectivity index (χ2v) is 7.32. The third kappa shape index (κ3) is 3.45. The first kappa shape index (κ1) is 19.7. The molecule has 0 aliphatic rings. The number of hydrogen-bond acceptors (Lipinski definition) is 6. The molecule has 5 aromatic rings. The Labute approximate surface area is 180 Å². The summed E-state index contributed by atoms with van der Waals surface area (Å²) >= 11 is 0. The van der Waals surface area contributed by atoms with Gasteiger partial charge in [0.05, 0.1) is 29.3 Å². The molecule has 160 valence electrons. The maximum absolute atomic E-state index is 14.4. The molecule has 10 heteroatoms. The highest BCUT2D eigenvalue weighted by molar-refractivity contribution is 5.87. The molecule has 0 spiro atoms. The lowest BCUT2D eigenvalue weighted by Crippen LogP contribution is -2.25. The minimum Gasteiger partial charge on any atom is -0.346 e. The van der Waals surface area contributed by atoms with Crippen LogP contribution in [0.4, 0.5) is 14.6 Å². The zero-order valence-corrected chi connectivity index (χ0v) is 17.0. The summed E-state index contributed by atoms with van der Waals surface area (Å²) in [5.74, 6) is -1.53. The Balaban J connectivity index is 1.67. The predicted octanol–water partition coefficient (Wildman–Crippen LogP) is 3.08. The van der Waals surface area contributed by atoms with E-state index in [0.29, 0.717) is 29.0 Å². The quantitative estimate of drug-likeness (QED) is 0.458. The Morgan fingerprint density at radius 1 is 1.06 bits per heavy atom. The zero-order valence-electron chi connectivity index (χ0n) is 17.0. The van der Waals surface area contributed by atoms with Crippen molar-refractivity contribution in [2.24, 2.45) is 7.05 Å². The van der Waals surface area contributed by atoms with E-state index in [1.54, 1.807) is 24.1 Å². The summed E-state index contributed by atoms with van der Waals surface area (Å²) < 4.78 is 29.8. The van der Waals surface area contributed by atoms with Crippen LogP contribution in [0.1, 0.15) is 11.3 Å². The second kappa shape index (κ2) is 7.80. The molecule has 0 saturated carbocycles. The SMILES string of the molecule is Cn1ncc2c(N(Cc3ccccn3)Cc3cc(=O)[nH]c4c(F)c(F)ccc34)ncnc21. The van der Waals surface area contributed by atoms with Crippen LogP contribution in [0.3, 0.4) is 0 Å². The van der Waals surface area contributed by atoms with Crippen LogP contribution in [0, 0.1) is 11.6 Å². The number of rotatable bonds is 5. The van der Waals surface area contributed by atoms with Crippen LogP contribution in [0.5, 0.6) is 0 Å². The highest BCUT2D eigenvalue weighted by atomic mass is 19.2. The first-order chi connectivity index (χ1) is 15.5. The molecule has 0 saturated heterocycles. The minimum atomic E-state index is -1.09. The lowest BCUT2D eigenvalue weighted by molar-refractivity contribution is 0.515. The molecule has 32 heavy (non-hydrogen) atoms. The Kier molecular flexibility index (Phi) is 4.81. The van der Waals surface area contributed by atoms with Crippen molar-refractivity contribution in [2.45, 2.75) is 13.1 Å². The fourth-order valence-electron chi connectivity index (χ4n) is 3.77. The minimum absolute atomic E-state index is 0.167. The number of nitrogens with one attached hydrogen (secondary N) is 1. The Bertz CT molecular complexity index is 1500. The summed E-state index contributed by atoms with van der Waals surface area (Å²) in [6, 6.07) is 9.46. The maximum atomic E-state index is 14.4. The summed E-state index contributed by atoms with van der Waals surface area (Å²) in [7, 11) is 1.78. The number of fused-ring (bicyclic) bond motifs is 2. The van der Waals surface area contributed by atoms with E-state index < -0.39 is 17.2 Å². The molecule has 0 unspecified atom stereocenters. The largest absolute Gasteiger partial charge is 0.346 e. The van der Waals surface area contributed by atoms with E-state index in [0.717, 1.165) is 17.1 Å². The number of halogens is 2. The van der Waals surface area contributed by atoms with E-state index in [9.17, 15) is 13.6 Å². The number of anilines is 1. The number of aromatic nitrogens is 6. The standard InChI is InChI=1S/C22H17F2N7O/c1-30-21-16(9-28-30)22(27-12-26-21)31(11-14-4-2-3-7-25-14)10-13-8-18(32)29-20-15(13)5-6-17(23)19(20)24/h2-9,12H,10-11H2,1H3,(H,29,32). The van der Waals surface area contributed by atoms with E-state index in [4.69, 9.17) is 0 Å². The van der Waals surface area contributed by atoms with Crippen molar-refractivity contribution in [3.63, 3.8) is 0 Å². The van der Waals surface area contributed by atoms with E-state index in [1.165, 1.54) is 18.5 Å². The van der Waals surface area contributed by atoms with Gasteiger partial charge in [-0.05, 0) is 29.8 Å². The van der Waals surface area contributed by atoms with Crippen molar-refractivity contribution in [1.29, 1.82) is 0 Å². The molecule has 0 aliphatic carbocycles. The van der Waals surface area contributed by atoms with Gasteiger partial charge < -0.3 is 9.88 Å². The van der Waals surface area contributed by atoms with Crippen LogP contribution in [-0.2, 0) is 20.1 Å². The van der Waals surface area contributed by atoms with Gasteiger partial charge >= 0.3 is 0 Å². The van der Waals surface area contributed by atoms with Gasteiger partial charge in [0.25, 0.3) is 0 Å². The van der Waals surface area contributed by atoms with Crippen LogP contribution in [-0.4, -0.2) is 29.7 Å². The van der Waals surface area contributed by atoms with Gasteiger partial charge in [-0.15, -0.1) is 0 Å². The van der Waals surface area contributed by atoms with Crippen LogP contribution in [0.25, 0.3) is 21.9 Å².